The second-order valence-corrected chi connectivity index (χ2v) is 5.71. The van der Waals surface area contributed by atoms with Gasteiger partial charge in [-0.2, -0.15) is 4.31 Å². The SMILES string of the molecule is C=C(C)CN(CC)S(=O)(=O)c1ccc(=O)[nH]c1. The van der Waals surface area contributed by atoms with Gasteiger partial charge >= 0.3 is 0 Å². The van der Waals surface area contributed by atoms with Gasteiger partial charge in [-0.25, -0.2) is 8.42 Å². The summed E-state index contributed by atoms with van der Waals surface area (Å²) in [6, 6.07) is 2.50. The predicted octanol–water partition coefficient (Wildman–Crippen LogP) is 0.962. The highest BCUT2D eigenvalue weighted by atomic mass is 32.2. The number of pyridine rings is 1. The number of nitrogens with one attached hydrogen (secondary N) is 1. The Labute approximate surface area is 101 Å². The zero-order chi connectivity index (χ0) is 13.1. The summed E-state index contributed by atoms with van der Waals surface area (Å²) in [5.41, 5.74) is 0.437. The second-order valence-electron chi connectivity index (χ2n) is 3.78. The molecule has 0 saturated heterocycles. The van der Waals surface area contributed by atoms with Crippen LogP contribution in [0.3, 0.4) is 0 Å². The van der Waals surface area contributed by atoms with Gasteiger partial charge in [-0.3, -0.25) is 4.79 Å². The van der Waals surface area contributed by atoms with E-state index in [1.165, 1.54) is 22.6 Å². The van der Waals surface area contributed by atoms with E-state index in [4.69, 9.17) is 0 Å². The fourth-order valence-corrected chi connectivity index (χ4v) is 2.85. The van der Waals surface area contributed by atoms with Crippen LogP contribution in [0.25, 0.3) is 0 Å². The van der Waals surface area contributed by atoms with E-state index in [9.17, 15) is 13.2 Å². The number of hydrogen-bond donors (Lipinski definition) is 1. The molecule has 0 fully saturated rings. The van der Waals surface area contributed by atoms with Gasteiger partial charge in [0.15, 0.2) is 0 Å². The Kier molecular flexibility index (Phi) is 4.25. The van der Waals surface area contributed by atoms with Crippen LogP contribution in [-0.4, -0.2) is 30.8 Å². The predicted molar refractivity (Wildman–Crippen MR) is 66.3 cm³/mol. The first-order valence-corrected chi connectivity index (χ1v) is 6.65. The number of aromatic nitrogens is 1. The third-order valence-corrected chi connectivity index (χ3v) is 4.11. The molecule has 94 valence electrons. The molecule has 6 heteroatoms. The van der Waals surface area contributed by atoms with Gasteiger partial charge < -0.3 is 4.98 Å². The van der Waals surface area contributed by atoms with Gasteiger partial charge in [0.05, 0.1) is 4.90 Å². The van der Waals surface area contributed by atoms with Crippen molar-refractivity contribution in [3.8, 4) is 0 Å². The Morgan fingerprint density at radius 1 is 1.47 bits per heavy atom. The summed E-state index contributed by atoms with van der Waals surface area (Å²) >= 11 is 0. The molecule has 1 heterocycles. The third kappa shape index (κ3) is 3.28. The Hall–Kier alpha value is -1.40. The molecule has 5 nitrogen and oxygen atoms in total. The van der Waals surface area contributed by atoms with E-state index in [2.05, 4.69) is 11.6 Å². The monoisotopic (exact) mass is 256 g/mol. The molecule has 1 rings (SSSR count). The maximum Gasteiger partial charge on any atom is 0.247 e. The molecule has 0 aliphatic rings. The smallest absolute Gasteiger partial charge is 0.247 e. The first-order valence-electron chi connectivity index (χ1n) is 5.21. The zero-order valence-corrected chi connectivity index (χ0v) is 10.8. The molecule has 0 radical (unpaired) electrons. The Morgan fingerprint density at radius 3 is 2.53 bits per heavy atom. The molecule has 0 bridgehead atoms. The van der Waals surface area contributed by atoms with Crippen molar-refractivity contribution in [1.82, 2.24) is 9.29 Å². The van der Waals surface area contributed by atoms with Crippen LogP contribution >= 0.6 is 0 Å². The highest BCUT2D eigenvalue weighted by Gasteiger charge is 2.22. The van der Waals surface area contributed by atoms with Gasteiger partial charge in [-0.1, -0.05) is 19.1 Å². The Morgan fingerprint density at radius 2 is 2.12 bits per heavy atom. The number of likely N-dealkylation sites (N-methyl/N-ethyl adjacent to an activating group) is 1. The summed E-state index contributed by atoms with van der Waals surface area (Å²) in [5, 5.41) is 0. The summed E-state index contributed by atoms with van der Waals surface area (Å²) in [6.45, 7) is 7.86. The van der Waals surface area contributed by atoms with Gasteiger partial charge in [0.25, 0.3) is 0 Å². The molecule has 0 atom stereocenters. The maximum atomic E-state index is 12.2. The average Bonchev–Trinajstić information content (AvgIpc) is 2.26. The molecule has 0 aliphatic carbocycles. The van der Waals surface area contributed by atoms with E-state index < -0.39 is 10.0 Å². The Balaban J connectivity index is 3.12. The highest BCUT2D eigenvalue weighted by Crippen LogP contribution is 2.14. The highest BCUT2D eigenvalue weighted by molar-refractivity contribution is 7.89. The molecule has 0 aliphatic heterocycles. The summed E-state index contributed by atoms with van der Waals surface area (Å²) < 4.78 is 25.7. The lowest BCUT2D eigenvalue weighted by Crippen LogP contribution is -2.32. The van der Waals surface area contributed by atoms with Crippen molar-refractivity contribution in [1.29, 1.82) is 0 Å². The molecule has 0 aromatic carbocycles. The standard InChI is InChI=1S/C11H16N2O3S/c1-4-13(8-9(2)3)17(15,16)10-5-6-11(14)12-7-10/h5-7H,2,4,8H2,1,3H3,(H,12,14). The topological polar surface area (TPSA) is 70.2 Å². The van der Waals surface area contributed by atoms with Crippen LogP contribution in [0.4, 0.5) is 0 Å². The number of aromatic amines is 1. The molecule has 0 saturated carbocycles. The first kappa shape index (κ1) is 13.7. The lowest BCUT2D eigenvalue weighted by molar-refractivity contribution is 0.452. The van der Waals surface area contributed by atoms with Gasteiger partial charge in [0, 0.05) is 25.4 Å². The van der Waals surface area contributed by atoms with Crippen LogP contribution in [0, 0.1) is 0 Å². The Bertz CT molecular complexity index is 540. The molecule has 1 N–H and O–H groups in total. The quantitative estimate of drug-likeness (QED) is 0.798. The second kappa shape index (κ2) is 5.29. The molecular formula is C11H16N2O3S. The van der Waals surface area contributed by atoms with Crippen molar-refractivity contribution in [3.05, 3.63) is 40.8 Å². The maximum absolute atomic E-state index is 12.2. The molecule has 0 spiro atoms. The van der Waals surface area contributed by atoms with E-state index in [-0.39, 0.29) is 17.0 Å². The third-order valence-electron chi connectivity index (χ3n) is 2.19. The van der Waals surface area contributed by atoms with E-state index in [0.29, 0.717) is 6.54 Å². The zero-order valence-electron chi connectivity index (χ0n) is 9.93. The van der Waals surface area contributed by atoms with Gasteiger partial charge in [-0.15, -0.1) is 0 Å². The lowest BCUT2D eigenvalue weighted by atomic mass is 10.3. The van der Waals surface area contributed by atoms with Crippen molar-refractivity contribution in [3.63, 3.8) is 0 Å². The van der Waals surface area contributed by atoms with Crippen molar-refractivity contribution in [2.24, 2.45) is 0 Å². The van der Waals surface area contributed by atoms with E-state index in [0.717, 1.165) is 5.57 Å². The molecule has 1 aromatic heterocycles. The van der Waals surface area contributed by atoms with Gasteiger partial charge in [-0.05, 0) is 13.0 Å². The van der Waals surface area contributed by atoms with E-state index >= 15 is 0 Å². The average molecular weight is 256 g/mol. The summed E-state index contributed by atoms with van der Waals surface area (Å²) in [4.78, 5) is 13.3. The van der Waals surface area contributed by atoms with Gasteiger partial charge in [0.2, 0.25) is 15.6 Å². The fraction of sp³-hybridized carbons (Fsp3) is 0.364. The number of nitrogens with zero attached hydrogens (tertiary/aromatic N) is 1. The molecule has 0 amide bonds. The largest absolute Gasteiger partial charge is 0.328 e. The normalized spacial score (nSPS) is 11.7. The van der Waals surface area contributed by atoms with Crippen molar-refractivity contribution in [2.45, 2.75) is 18.7 Å². The minimum Gasteiger partial charge on any atom is -0.328 e. The van der Waals surface area contributed by atoms with Crippen LogP contribution in [-0.2, 0) is 10.0 Å². The molecule has 1 aromatic rings. The van der Waals surface area contributed by atoms with Crippen molar-refractivity contribution < 1.29 is 8.42 Å². The van der Waals surface area contributed by atoms with Crippen LogP contribution in [0.5, 0.6) is 0 Å². The summed E-state index contributed by atoms with van der Waals surface area (Å²) in [6.07, 6.45) is 1.21. The van der Waals surface area contributed by atoms with E-state index in [1.54, 1.807) is 13.8 Å². The minimum atomic E-state index is -3.56. The molecule has 0 unspecified atom stereocenters. The van der Waals surface area contributed by atoms with Crippen molar-refractivity contribution >= 4 is 10.0 Å². The van der Waals surface area contributed by atoms with Crippen LogP contribution < -0.4 is 5.56 Å². The van der Waals surface area contributed by atoms with Crippen molar-refractivity contribution in [2.75, 3.05) is 13.1 Å². The number of hydrogen-bond acceptors (Lipinski definition) is 3. The van der Waals surface area contributed by atoms with Gasteiger partial charge in [0.1, 0.15) is 0 Å². The summed E-state index contributed by atoms with van der Waals surface area (Å²) in [5.74, 6) is 0. The summed E-state index contributed by atoms with van der Waals surface area (Å²) in [7, 11) is -3.56. The molecular weight excluding hydrogens is 240 g/mol. The minimum absolute atomic E-state index is 0.0835. The van der Waals surface area contributed by atoms with Crippen LogP contribution in [0.2, 0.25) is 0 Å². The van der Waals surface area contributed by atoms with Crippen LogP contribution in [0.1, 0.15) is 13.8 Å². The fourth-order valence-electron chi connectivity index (χ4n) is 1.37. The first-order chi connectivity index (χ1) is 7.87. The number of H-pyrrole nitrogens is 1. The molecule has 17 heavy (non-hydrogen) atoms. The number of rotatable bonds is 5. The van der Waals surface area contributed by atoms with E-state index in [1.807, 2.05) is 0 Å². The lowest BCUT2D eigenvalue weighted by Gasteiger charge is -2.20. The number of sulfonamides is 1. The van der Waals surface area contributed by atoms with Crippen LogP contribution in [0.15, 0.2) is 40.2 Å².